The van der Waals surface area contributed by atoms with Gasteiger partial charge in [-0.2, -0.15) is 27.6 Å². The SMILES string of the molecule is CCn1cc(Cc2cccn(-c3nc(F)cc(C(F)(F)F)c3F)c2=O)cn1. The number of aryl methyl sites for hydroxylation is 1. The fraction of sp³-hybridized carbons (Fsp3) is 0.235. The van der Waals surface area contributed by atoms with Crippen LogP contribution in [0.1, 0.15) is 23.6 Å². The normalized spacial score (nSPS) is 11.8. The predicted molar refractivity (Wildman–Crippen MR) is 85.5 cm³/mol. The number of aromatic nitrogens is 4. The molecule has 0 amide bonds. The Kier molecular flexibility index (Phi) is 4.81. The van der Waals surface area contributed by atoms with Crippen LogP contribution in [0.4, 0.5) is 22.0 Å². The summed E-state index contributed by atoms with van der Waals surface area (Å²) in [7, 11) is 0. The van der Waals surface area contributed by atoms with Crippen LogP contribution in [-0.4, -0.2) is 19.3 Å². The van der Waals surface area contributed by atoms with E-state index < -0.39 is 34.9 Å². The summed E-state index contributed by atoms with van der Waals surface area (Å²) in [5, 5.41) is 4.07. The predicted octanol–water partition coefficient (Wildman–Crippen LogP) is 3.34. The molecule has 3 aromatic heterocycles. The van der Waals surface area contributed by atoms with Crippen molar-refractivity contribution in [1.82, 2.24) is 19.3 Å². The lowest BCUT2D eigenvalue weighted by Crippen LogP contribution is -2.25. The van der Waals surface area contributed by atoms with Crippen molar-refractivity contribution in [3.05, 3.63) is 75.6 Å². The minimum absolute atomic E-state index is 0.0488. The molecule has 3 aromatic rings. The topological polar surface area (TPSA) is 52.7 Å². The van der Waals surface area contributed by atoms with Crippen LogP contribution in [0, 0.1) is 11.8 Å². The first kappa shape index (κ1) is 18.7. The van der Waals surface area contributed by atoms with E-state index in [-0.39, 0.29) is 18.1 Å². The van der Waals surface area contributed by atoms with Crippen molar-refractivity contribution < 1.29 is 22.0 Å². The molecule has 142 valence electrons. The van der Waals surface area contributed by atoms with Crippen LogP contribution in [0.3, 0.4) is 0 Å². The molecule has 10 heteroatoms. The Bertz CT molecular complexity index is 1040. The van der Waals surface area contributed by atoms with Gasteiger partial charge in [0, 0.05) is 37.0 Å². The lowest BCUT2D eigenvalue weighted by Gasteiger charge is -2.13. The minimum Gasteiger partial charge on any atom is -0.273 e. The number of hydrogen-bond acceptors (Lipinski definition) is 3. The number of nitrogens with zero attached hydrogens (tertiary/aromatic N) is 4. The minimum atomic E-state index is -5.13. The second-order valence-electron chi connectivity index (χ2n) is 5.72. The number of halogens is 5. The molecular weight excluding hydrogens is 371 g/mol. The van der Waals surface area contributed by atoms with Crippen LogP contribution in [0.15, 0.2) is 41.6 Å². The average Bonchev–Trinajstić information content (AvgIpc) is 3.05. The molecule has 0 radical (unpaired) electrons. The monoisotopic (exact) mass is 384 g/mol. The molecule has 0 N–H and O–H groups in total. The summed E-state index contributed by atoms with van der Waals surface area (Å²) in [5.74, 6) is -4.40. The Balaban J connectivity index is 2.09. The molecule has 0 saturated heterocycles. The Morgan fingerprint density at radius 3 is 2.59 bits per heavy atom. The van der Waals surface area contributed by atoms with Gasteiger partial charge >= 0.3 is 6.18 Å². The van der Waals surface area contributed by atoms with Crippen LogP contribution < -0.4 is 5.56 Å². The summed E-state index contributed by atoms with van der Waals surface area (Å²) in [6.45, 7) is 2.50. The largest absolute Gasteiger partial charge is 0.419 e. The third kappa shape index (κ3) is 3.74. The van der Waals surface area contributed by atoms with Gasteiger partial charge in [-0.25, -0.2) is 4.39 Å². The van der Waals surface area contributed by atoms with Gasteiger partial charge in [-0.15, -0.1) is 0 Å². The highest BCUT2D eigenvalue weighted by atomic mass is 19.4. The molecule has 0 saturated carbocycles. The molecule has 0 aliphatic rings. The van der Waals surface area contributed by atoms with Crippen molar-refractivity contribution in [2.45, 2.75) is 26.1 Å². The van der Waals surface area contributed by atoms with E-state index in [1.807, 2.05) is 6.92 Å². The first-order valence-electron chi connectivity index (χ1n) is 7.86. The zero-order valence-corrected chi connectivity index (χ0v) is 14.0. The van der Waals surface area contributed by atoms with Crippen LogP contribution in [0.25, 0.3) is 5.82 Å². The zero-order chi connectivity index (χ0) is 19.8. The van der Waals surface area contributed by atoms with Crippen molar-refractivity contribution >= 4 is 0 Å². The van der Waals surface area contributed by atoms with Gasteiger partial charge < -0.3 is 0 Å². The molecule has 5 nitrogen and oxygen atoms in total. The Morgan fingerprint density at radius 1 is 1.22 bits per heavy atom. The highest BCUT2D eigenvalue weighted by Crippen LogP contribution is 2.33. The summed E-state index contributed by atoms with van der Waals surface area (Å²) < 4.78 is 68.7. The van der Waals surface area contributed by atoms with Crippen molar-refractivity contribution in [3.8, 4) is 5.82 Å². The summed E-state index contributed by atoms with van der Waals surface area (Å²) in [4.78, 5) is 15.7. The van der Waals surface area contributed by atoms with Gasteiger partial charge in [0.25, 0.3) is 5.56 Å². The van der Waals surface area contributed by atoms with Crippen LogP contribution in [-0.2, 0) is 19.1 Å². The van der Waals surface area contributed by atoms with Gasteiger partial charge in [-0.05, 0) is 18.6 Å². The lowest BCUT2D eigenvalue weighted by molar-refractivity contribution is -0.140. The number of alkyl halides is 3. The molecule has 3 rings (SSSR count). The third-order valence-electron chi connectivity index (χ3n) is 3.87. The van der Waals surface area contributed by atoms with E-state index in [0.717, 1.165) is 6.20 Å². The highest BCUT2D eigenvalue weighted by Gasteiger charge is 2.37. The molecule has 0 aliphatic heterocycles. The van der Waals surface area contributed by atoms with E-state index in [1.165, 1.54) is 12.1 Å². The average molecular weight is 384 g/mol. The highest BCUT2D eigenvalue weighted by molar-refractivity contribution is 5.34. The maximum absolute atomic E-state index is 14.3. The van der Waals surface area contributed by atoms with E-state index in [9.17, 15) is 26.7 Å². The van der Waals surface area contributed by atoms with Gasteiger partial charge in [0.15, 0.2) is 11.6 Å². The van der Waals surface area contributed by atoms with E-state index in [4.69, 9.17) is 0 Å². The fourth-order valence-electron chi connectivity index (χ4n) is 2.58. The van der Waals surface area contributed by atoms with Crippen molar-refractivity contribution in [1.29, 1.82) is 0 Å². The van der Waals surface area contributed by atoms with Crippen LogP contribution in [0.5, 0.6) is 0 Å². The summed E-state index contributed by atoms with van der Waals surface area (Å²) in [5.41, 5.74) is -1.76. The smallest absolute Gasteiger partial charge is 0.273 e. The van der Waals surface area contributed by atoms with Crippen molar-refractivity contribution in [2.75, 3.05) is 0 Å². The third-order valence-corrected chi connectivity index (χ3v) is 3.87. The quantitative estimate of drug-likeness (QED) is 0.512. The zero-order valence-electron chi connectivity index (χ0n) is 14.0. The van der Waals surface area contributed by atoms with Gasteiger partial charge in [-0.1, -0.05) is 6.07 Å². The van der Waals surface area contributed by atoms with Crippen molar-refractivity contribution in [2.24, 2.45) is 0 Å². The summed E-state index contributed by atoms with van der Waals surface area (Å²) in [6.07, 6.45) is -0.712. The fourth-order valence-corrected chi connectivity index (χ4v) is 2.58. The Morgan fingerprint density at radius 2 is 1.96 bits per heavy atom. The maximum atomic E-state index is 14.3. The van der Waals surface area contributed by atoms with Gasteiger partial charge in [0.2, 0.25) is 5.95 Å². The van der Waals surface area contributed by atoms with E-state index in [0.29, 0.717) is 16.7 Å². The molecule has 0 aromatic carbocycles. The van der Waals surface area contributed by atoms with E-state index in [2.05, 4.69) is 10.1 Å². The number of hydrogen-bond donors (Lipinski definition) is 0. The summed E-state index contributed by atoms with van der Waals surface area (Å²) >= 11 is 0. The molecule has 0 aliphatic carbocycles. The molecule has 0 unspecified atom stereocenters. The number of pyridine rings is 2. The Hall–Kier alpha value is -3.04. The molecular formula is C17H13F5N4O. The van der Waals surface area contributed by atoms with Gasteiger partial charge in [-0.3, -0.25) is 14.0 Å². The standard InChI is InChI=1S/C17H13F5N4O/c1-2-25-9-10(8-23-25)6-11-4-3-5-26(16(11)27)15-14(19)12(17(20,21)22)7-13(18)24-15/h3-5,7-9H,2,6H2,1H3. The Labute approximate surface area is 149 Å². The van der Waals surface area contributed by atoms with Crippen molar-refractivity contribution in [3.63, 3.8) is 0 Å². The molecule has 0 fully saturated rings. The molecule has 0 spiro atoms. The molecule has 0 atom stereocenters. The maximum Gasteiger partial charge on any atom is 0.419 e. The second-order valence-corrected chi connectivity index (χ2v) is 5.72. The molecule has 27 heavy (non-hydrogen) atoms. The molecule has 0 bridgehead atoms. The van der Waals surface area contributed by atoms with Crippen LogP contribution in [0.2, 0.25) is 0 Å². The van der Waals surface area contributed by atoms with Gasteiger partial charge in [0.1, 0.15) is 0 Å². The second kappa shape index (κ2) is 6.93. The van der Waals surface area contributed by atoms with E-state index >= 15 is 0 Å². The van der Waals surface area contributed by atoms with Gasteiger partial charge in [0.05, 0.1) is 11.8 Å². The van der Waals surface area contributed by atoms with E-state index in [1.54, 1.807) is 17.1 Å². The number of rotatable bonds is 4. The first-order valence-corrected chi connectivity index (χ1v) is 7.86. The van der Waals surface area contributed by atoms with Crippen LogP contribution >= 0.6 is 0 Å². The first-order chi connectivity index (χ1) is 12.7. The summed E-state index contributed by atoms with van der Waals surface area (Å²) in [6, 6.07) is 2.75. The lowest BCUT2D eigenvalue weighted by atomic mass is 10.1. The molecule has 3 heterocycles.